The molecular formula is C18H21N3O2S. The van der Waals surface area contributed by atoms with Gasteiger partial charge in [0.1, 0.15) is 0 Å². The minimum absolute atomic E-state index is 0.0457. The molecule has 2 rings (SSSR count). The van der Waals surface area contributed by atoms with E-state index < -0.39 is 0 Å². The Morgan fingerprint density at radius 2 is 2.04 bits per heavy atom. The highest BCUT2D eigenvalue weighted by molar-refractivity contribution is 7.14. The van der Waals surface area contributed by atoms with Gasteiger partial charge in [0.15, 0.2) is 5.13 Å². The molecule has 0 aliphatic rings. The monoisotopic (exact) mass is 343 g/mol. The van der Waals surface area contributed by atoms with Crippen molar-refractivity contribution in [1.29, 1.82) is 0 Å². The summed E-state index contributed by atoms with van der Waals surface area (Å²) in [6.07, 6.45) is 5.45. The summed E-state index contributed by atoms with van der Waals surface area (Å²) in [7, 11) is 0. The first-order valence-corrected chi connectivity index (χ1v) is 8.80. The van der Waals surface area contributed by atoms with Crippen LogP contribution in [0, 0.1) is 0 Å². The maximum atomic E-state index is 11.9. The predicted octanol–water partition coefficient (Wildman–Crippen LogP) is 3.25. The van der Waals surface area contributed by atoms with E-state index in [9.17, 15) is 9.59 Å². The number of hydrogen-bond acceptors (Lipinski definition) is 4. The Labute approximate surface area is 145 Å². The molecule has 0 unspecified atom stereocenters. The second kappa shape index (κ2) is 9.62. The Morgan fingerprint density at radius 1 is 1.25 bits per heavy atom. The highest BCUT2D eigenvalue weighted by atomic mass is 32.1. The lowest BCUT2D eigenvalue weighted by Crippen LogP contribution is -2.26. The molecule has 6 heteroatoms. The molecule has 0 saturated carbocycles. The summed E-state index contributed by atoms with van der Waals surface area (Å²) in [4.78, 5) is 27.9. The van der Waals surface area contributed by atoms with Crippen LogP contribution in [0.1, 0.15) is 31.0 Å². The second-order valence-electron chi connectivity index (χ2n) is 5.26. The molecule has 1 aromatic heterocycles. The largest absolute Gasteiger partial charge is 0.356 e. The summed E-state index contributed by atoms with van der Waals surface area (Å²) in [6, 6.07) is 9.59. The Kier molecular flexibility index (Phi) is 7.17. The fraction of sp³-hybridized carbons (Fsp3) is 0.278. The van der Waals surface area contributed by atoms with Crippen molar-refractivity contribution in [2.24, 2.45) is 0 Å². The summed E-state index contributed by atoms with van der Waals surface area (Å²) >= 11 is 1.31. The van der Waals surface area contributed by atoms with E-state index in [0.29, 0.717) is 17.4 Å². The minimum atomic E-state index is -0.243. The van der Waals surface area contributed by atoms with Crippen LogP contribution in [0.2, 0.25) is 0 Å². The van der Waals surface area contributed by atoms with Gasteiger partial charge in [-0.2, -0.15) is 0 Å². The van der Waals surface area contributed by atoms with Gasteiger partial charge in [-0.3, -0.25) is 14.9 Å². The Hall–Kier alpha value is -2.47. The van der Waals surface area contributed by atoms with Crippen LogP contribution >= 0.6 is 11.3 Å². The molecule has 0 fully saturated rings. The molecule has 0 radical (unpaired) electrons. The molecule has 0 aliphatic carbocycles. The number of unbranched alkanes of at least 4 members (excludes halogenated alkanes) is 1. The average Bonchev–Trinajstić information content (AvgIpc) is 3.01. The number of nitrogens with one attached hydrogen (secondary N) is 2. The third-order valence-corrected chi connectivity index (χ3v) is 4.01. The molecular weight excluding hydrogens is 322 g/mol. The van der Waals surface area contributed by atoms with Crippen LogP contribution in [0.3, 0.4) is 0 Å². The number of carbonyl (C=O) groups is 2. The summed E-state index contributed by atoms with van der Waals surface area (Å²) in [5.74, 6) is -0.289. The summed E-state index contributed by atoms with van der Waals surface area (Å²) in [5, 5.41) is 7.84. The number of thiazole rings is 1. The topological polar surface area (TPSA) is 71.1 Å². The molecule has 2 amide bonds. The summed E-state index contributed by atoms with van der Waals surface area (Å²) in [5.41, 5.74) is 1.62. The molecule has 2 N–H and O–H groups in total. The number of carbonyl (C=O) groups excluding carboxylic acids is 2. The zero-order chi connectivity index (χ0) is 17.2. The SMILES string of the molecule is CCCCNC(=O)Cc1csc(NC(=O)/C=C/c2ccccc2)n1. The van der Waals surface area contributed by atoms with Crippen LogP contribution in [0.5, 0.6) is 0 Å². The van der Waals surface area contributed by atoms with Gasteiger partial charge < -0.3 is 5.32 Å². The minimum Gasteiger partial charge on any atom is -0.356 e. The van der Waals surface area contributed by atoms with Gasteiger partial charge in [-0.05, 0) is 18.1 Å². The highest BCUT2D eigenvalue weighted by Gasteiger charge is 2.08. The van der Waals surface area contributed by atoms with Crippen LogP contribution in [0.25, 0.3) is 6.08 Å². The highest BCUT2D eigenvalue weighted by Crippen LogP contribution is 2.16. The van der Waals surface area contributed by atoms with E-state index in [-0.39, 0.29) is 18.2 Å². The standard InChI is InChI=1S/C18H21N3O2S/c1-2-3-11-19-17(23)12-15-13-24-18(20-15)21-16(22)10-9-14-7-5-4-6-8-14/h4-10,13H,2-3,11-12H2,1H3,(H,19,23)(H,20,21,22)/b10-9+. The van der Waals surface area contributed by atoms with Crippen molar-refractivity contribution in [2.75, 3.05) is 11.9 Å². The van der Waals surface area contributed by atoms with Gasteiger partial charge in [0.25, 0.3) is 0 Å². The molecule has 0 spiro atoms. The first kappa shape index (κ1) is 17.9. The summed E-state index contributed by atoms with van der Waals surface area (Å²) in [6.45, 7) is 2.77. The van der Waals surface area contributed by atoms with E-state index in [4.69, 9.17) is 0 Å². The molecule has 1 heterocycles. The zero-order valence-electron chi connectivity index (χ0n) is 13.6. The van der Waals surface area contributed by atoms with Gasteiger partial charge in [0.2, 0.25) is 11.8 Å². The molecule has 1 aromatic carbocycles. The Balaban J connectivity index is 1.81. The van der Waals surface area contributed by atoms with Crippen LogP contribution in [-0.4, -0.2) is 23.3 Å². The van der Waals surface area contributed by atoms with Crippen molar-refractivity contribution in [3.8, 4) is 0 Å². The number of amides is 2. The number of hydrogen-bond donors (Lipinski definition) is 2. The first-order valence-electron chi connectivity index (χ1n) is 7.92. The lowest BCUT2D eigenvalue weighted by atomic mass is 10.2. The molecule has 126 valence electrons. The quantitative estimate of drug-likeness (QED) is 0.571. The van der Waals surface area contributed by atoms with Crippen molar-refractivity contribution in [3.63, 3.8) is 0 Å². The molecule has 0 bridgehead atoms. The van der Waals surface area contributed by atoms with Crippen LogP contribution in [-0.2, 0) is 16.0 Å². The fourth-order valence-electron chi connectivity index (χ4n) is 1.96. The normalized spacial score (nSPS) is 10.7. The molecule has 5 nitrogen and oxygen atoms in total. The number of anilines is 1. The molecule has 0 atom stereocenters. The summed E-state index contributed by atoms with van der Waals surface area (Å²) < 4.78 is 0. The van der Waals surface area contributed by atoms with E-state index in [1.807, 2.05) is 30.3 Å². The van der Waals surface area contributed by atoms with Crippen LogP contribution < -0.4 is 10.6 Å². The zero-order valence-corrected chi connectivity index (χ0v) is 14.4. The van der Waals surface area contributed by atoms with Crippen molar-refractivity contribution >= 4 is 34.4 Å². The molecule has 24 heavy (non-hydrogen) atoms. The van der Waals surface area contributed by atoms with Crippen molar-refractivity contribution in [3.05, 3.63) is 53.0 Å². The third-order valence-electron chi connectivity index (χ3n) is 3.20. The first-order chi connectivity index (χ1) is 11.7. The Morgan fingerprint density at radius 3 is 2.79 bits per heavy atom. The van der Waals surface area contributed by atoms with Crippen molar-refractivity contribution in [1.82, 2.24) is 10.3 Å². The molecule has 2 aromatic rings. The maximum absolute atomic E-state index is 11.9. The van der Waals surface area contributed by atoms with Crippen LogP contribution in [0.4, 0.5) is 5.13 Å². The average molecular weight is 343 g/mol. The second-order valence-corrected chi connectivity index (χ2v) is 6.12. The smallest absolute Gasteiger partial charge is 0.250 e. The maximum Gasteiger partial charge on any atom is 0.250 e. The van der Waals surface area contributed by atoms with Crippen LogP contribution in [0.15, 0.2) is 41.8 Å². The Bertz CT molecular complexity index is 695. The van der Waals surface area contributed by atoms with E-state index in [1.165, 1.54) is 17.4 Å². The predicted molar refractivity (Wildman–Crippen MR) is 97.8 cm³/mol. The molecule has 0 aliphatic heterocycles. The number of aromatic nitrogens is 1. The van der Waals surface area contributed by atoms with Gasteiger partial charge in [0.05, 0.1) is 12.1 Å². The van der Waals surface area contributed by atoms with Gasteiger partial charge >= 0.3 is 0 Å². The number of rotatable bonds is 8. The van der Waals surface area contributed by atoms with E-state index in [1.54, 1.807) is 11.5 Å². The van der Waals surface area contributed by atoms with Crippen molar-refractivity contribution in [2.45, 2.75) is 26.2 Å². The number of nitrogens with zero attached hydrogens (tertiary/aromatic N) is 1. The van der Waals surface area contributed by atoms with E-state index >= 15 is 0 Å². The molecule has 0 saturated heterocycles. The third kappa shape index (κ3) is 6.34. The lowest BCUT2D eigenvalue weighted by molar-refractivity contribution is -0.120. The van der Waals surface area contributed by atoms with Gasteiger partial charge in [-0.25, -0.2) is 4.98 Å². The lowest BCUT2D eigenvalue weighted by Gasteiger charge is -2.01. The van der Waals surface area contributed by atoms with E-state index in [2.05, 4.69) is 22.5 Å². The van der Waals surface area contributed by atoms with Gasteiger partial charge in [0, 0.05) is 18.0 Å². The van der Waals surface area contributed by atoms with E-state index in [0.717, 1.165) is 18.4 Å². The van der Waals surface area contributed by atoms with Crippen molar-refractivity contribution < 1.29 is 9.59 Å². The number of benzene rings is 1. The van der Waals surface area contributed by atoms with Gasteiger partial charge in [-0.15, -0.1) is 11.3 Å². The van der Waals surface area contributed by atoms with Gasteiger partial charge in [-0.1, -0.05) is 43.7 Å². The fourth-order valence-corrected chi connectivity index (χ4v) is 2.67.